The molecule has 101 heavy (non-hydrogen) atoms. The molecule has 18 aromatic rings. The van der Waals surface area contributed by atoms with Crippen molar-refractivity contribution in [2.24, 2.45) is 0 Å². The summed E-state index contributed by atoms with van der Waals surface area (Å²) < 4.78 is 0. The van der Waals surface area contributed by atoms with E-state index in [0.717, 1.165) is 45.5 Å². The lowest BCUT2D eigenvalue weighted by molar-refractivity contribution is 1.20. The van der Waals surface area contributed by atoms with Crippen molar-refractivity contribution in [3.8, 4) is 44.5 Å². The van der Waals surface area contributed by atoms with Gasteiger partial charge in [0.25, 0.3) is 0 Å². The molecule has 0 aliphatic heterocycles. The van der Waals surface area contributed by atoms with Crippen molar-refractivity contribution in [1.82, 2.24) is 0 Å². The summed E-state index contributed by atoms with van der Waals surface area (Å²) in [6.07, 6.45) is 0. The van der Waals surface area contributed by atoms with Crippen LogP contribution in [0.2, 0.25) is 0 Å². The molecule has 0 aromatic heterocycles. The number of fused-ring (bicyclic) bond motifs is 4. The number of hydrogen-bond donors (Lipinski definition) is 0. The summed E-state index contributed by atoms with van der Waals surface area (Å²) in [6.45, 7) is 2.12. The van der Waals surface area contributed by atoms with Gasteiger partial charge in [-0.25, -0.2) is 0 Å². The maximum absolute atomic E-state index is 2.35. The third kappa shape index (κ3) is 12.1. The Balaban J connectivity index is 0.000000156. The number of rotatable bonds is 14. The Hall–Kier alpha value is -13.0. The van der Waals surface area contributed by atoms with Crippen LogP contribution in [0.1, 0.15) is 5.56 Å². The number of benzene rings is 18. The van der Waals surface area contributed by atoms with E-state index < -0.39 is 0 Å². The molecular weight excluding hydrogens is 1220 g/mol. The van der Waals surface area contributed by atoms with Crippen molar-refractivity contribution in [3.63, 3.8) is 0 Å². The first kappa shape index (κ1) is 61.6. The van der Waals surface area contributed by atoms with Gasteiger partial charge in [-0.3, -0.25) is 0 Å². The molecule has 0 spiro atoms. The molecule has 0 aliphatic carbocycles. The van der Waals surface area contributed by atoms with Gasteiger partial charge in [-0.1, -0.05) is 272 Å². The molecule has 0 fully saturated rings. The summed E-state index contributed by atoms with van der Waals surface area (Å²) in [6, 6.07) is 138. The van der Waals surface area contributed by atoms with Crippen LogP contribution in [-0.2, 0) is 0 Å². The van der Waals surface area contributed by atoms with E-state index >= 15 is 0 Å². The Morgan fingerprint density at radius 2 is 0.465 bits per heavy atom. The summed E-state index contributed by atoms with van der Waals surface area (Å²) in [5.41, 5.74) is 22.3. The second kappa shape index (κ2) is 26.8. The molecule has 480 valence electrons. The predicted octanol–water partition coefficient (Wildman–Crippen LogP) is 27.2. The molecule has 0 saturated heterocycles. The minimum absolute atomic E-state index is 1.11. The summed E-state index contributed by atoms with van der Waals surface area (Å²) in [5.74, 6) is 0. The maximum atomic E-state index is 2.35. The van der Waals surface area contributed by atoms with E-state index in [2.05, 4.69) is 423 Å². The fraction of sp³-hybridized carbons (Fsp3) is 0.0309. The first-order valence-corrected chi connectivity index (χ1v) is 34.7. The first-order valence-electron chi connectivity index (χ1n) is 34.7. The van der Waals surface area contributed by atoms with Gasteiger partial charge in [-0.2, -0.15) is 0 Å². The summed E-state index contributed by atoms with van der Waals surface area (Å²) in [5, 5.41) is 15.4. The zero-order valence-electron chi connectivity index (χ0n) is 56.7. The molecule has 0 unspecified atom stereocenters. The van der Waals surface area contributed by atoms with Crippen molar-refractivity contribution >= 4 is 122 Å². The molecule has 0 N–H and O–H groups in total. The third-order valence-electron chi connectivity index (χ3n) is 20.2. The lowest BCUT2D eigenvalue weighted by atomic mass is 9.89. The zero-order chi connectivity index (χ0) is 67.8. The fourth-order valence-electron chi connectivity index (χ4n) is 14.7. The summed E-state index contributed by atoms with van der Waals surface area (Å²) in [4.78, 5) is 9.23. The highest BCUT2D eigenvalue weighted by Gasteiger charge is 2.20. The van der Waals surface area contributed by atoms with Gasteiger partial charge in [0, 0.05) is 76.4 Å². The largest absolute Gasteiger partial charge is 0.345 e. The normalized spacial score (nSPS) is 11.3. The van der Waals surface area contributed by atoms with Gasteiger partial charge >= 0.3 is 0 Å². The Kier molecular flexibility index (Phi) is 16.3. The topological polar surface area (TPSA) is 13.0 Å². The SMILES string of the molecule is CN(c1ccc(-c2ccc(N(c3ccc(-c4ccccc4)cc3)c3ccc4ccccc4c3)cc2)cc1)c1ccc2c3cccc4cccc(c5cccc1c52)c43.Cc1ccc(N(C)c2ccc(-c3ccc(N(c4ccc(-c5ccccc5)cc4)c4ccc5ccccc5c4)cc3)cc2)cc1. The number of nitrogens with zero attached hydrogens (tertiary/aromatic N) is 4. The molecule has 4 nitrogen and oxygen atoms in total. The number of anilines is 10. The van der Waals surface area contributed by atoms with Crippen LogP contribution in [0.3, 0.4) is 0 Å². The third-order valence-corrected chi connectivity index (χ3v) is 20.2. The van der Waals surface area contributed by atoms with E-state index in [9.17, 15) is 0 Å². The van der Waals surface area contributed by atoms with Crippen molar-refractivity contribution < 1.29 is 0 Å². The minimum Gasteiger partial charge on any atom is -0.345 e. The van der Waals surface area contributed by atoms with Gasteiger partial charge in [0.2, 0.25) is 0 Å². The van der Waals surface area contributed by atoms with Crippen LogP contribution in [0, 0.1) is 6.92 Å². The van der Waals surface area contributed by atoms with Crippen LogP contribution in [0.25, 0.3) is 109 Å². The van der Waals surface area contributed by atoms with Crippen molar-refractivity contribution in [2.45, 2.75) is 6.92 Å². The monoisotopic (exact) mass is 1290 g/mol. The van der Waals surface area contributed by atoms with E-state index in [1.54, 1.807) is 0 Å². The van der Waals surface area contributed by atoms with Gasteiger partial charge < -0.3 is 19.6 Å². The average molecular weight is 1290 g/mol. The average Bonchev–Trinajstić information content (AvgIpc) is 0.718. The molecular formula is C97H72N4. The standard InChI is InChI=1S/C55H38N2.C42H34N2/c1-56(53-35-34-51-49-17-8-15-42-14-7-16-48(54(42)49)50-18-9-19-52(53)55(50)51)44-27-20-40(21-28-44)41-24-31-46(32-25-41)57(47-33-26-38-12-5-6-13-43(38)36-47)45-29-22-39(23-30-45)37-10-3-2-4-11-37;1-31-12-21-38(22-13-31)43(2)39-23-14-35(15-24-39)36-18-27-41(28-19-36)44(42-29-20-33-10-6-7-11-37(33)30-42)40-25-16-34(17-26-40)32-8-4-3-5-9-32/h2-36H,1H3;3-30H,1-2H3. The second-order valence-corrected chi connectivity index (χ2v) is 26.3. The Morgan fingerprint density at radius 3 is 0.871 bits per heavy atom. The molecule has 0 heterocycles. The number of aryl methyl sites for hydroxylation is 1. The van der Waals surface area contributed by atoms with Gasteiger partial charge in [0.1, 0.15) is 0 Å². The van der Waals surface area contributed by atoms with E-state index in [-0.39, 0.29) is 0 Å². The van der Waals surface area contributed by atoms with E-state index in [0.29, 0.717) is 0 Å². The summed E-state index contributed by atoms with van der Waals surface area (Å²) >= 11 is 0. The van der Waals surface area contributed by atoms with Crippen molar-refractivity contribution in [3.05, 3.63) is 388 Å². The molecule has 0 radical (unpaired) electrons. The highest BCUT2D eigenvalue weighted by Crippen LogP contribution is 2.46. The Labute approximate surface area is 590 Å². The molecule has 0 bridgehead atoms. The minimum atomic E-state index is 1.11. The highest BCUT2D eigenvalue weighted by atomic mass is 15.1. The highest BCUT2D eigenvalue weighted by molar-refractivity contribution is 6.34. The van der Waals surface area contributed by atoms with Crippen LogP contribution >= 0.6 is 0 Å². The molecule has 18 rings (SSSR count). The van der Waals surface area contributed by atoms with Crippen LogP contribution in [0.4, 0.5) is 56.9 Å². The smallest absolute Gasteiger partial charge is 0.0488 e. The molecule has 0 amide bonds. The van der Waals surface area contributed by atoms with E-state index in [4.69, 9.17) is 0 Å². The quantitative estimate of drug-likeness (QED) is 0.0795. The van der Waals surface area contributed by atoms with Gasteiger partial charge in [0.05, 0.1) is 0 Å². The zero-order valence-corrected chi connectivity index (χ0v) is 56.7. The van der Waals surface area contributed by atoms with Crippen LogP contribution < -0.4 is 19.6 Å². The Bertz CT molecular complexity index is 5890. The van der Waals surface area contributed by atoms with Crippen LogP contribution in [-0.4, -0.2) is 14.1 Å². The Morgan fingerprint density at radius 1 is 0.178 bits per heavy atom. The van der Waals surface area contributed by atoms with Crippen LogP contribution in [0.5, 0.6) is 0 Å². The molecule has 4 heteroatoms. The fourth-order valence-corrected chi connectivity index (χ4v) is 14.7. The molecule has 0 atom stereocenters. The van der Waals surface area contributed by atoms with E-state index in [1.165, 1.54) is 126 Å². The van der Waals surface area contributed by atoms with E-state index in [1.807, 2.05) is 0 Å². The molecule has 18 aromatic carbocycles. The second-order valence-electron chi connectivity index (χ2n) is 26.3. The lowest BCUT2D eigenvalue weighted by Gasteiger charge is -2.26. The number of hydrogen-bond acceptors (Lipinski definition) is 4. The molecule has 0 aliphatic rings. The van der Waals surface area contributed by atoms with Crippen molar-refractivity contribution in [1.29, 1.82) is 0 Å². The summed E-state index contributed by atoms with van der Waals surface area (Å²) in [7, 11) is 4.29. The predicted molar refractivity (Wildman–Crippen MR) is 434 cm³/mol. The maximum Gasteiger partial charge on any atom is 0.0488 e. The van der Waals surface area contributed by atoms with Gasteiger partial charge in [-0.15, -0.1) is 0 Å². The van der Waals surface area contributed by atoms with Crippen molar-refractivity contribution in [2.75, 3.05) is 33.7 Å². The van der Waals surface area contributed by atoms with Crippen LogP contribution in [0.15, 0.2) is 382 Å². The van der Waals surface area contributed by atoms with Gasteiger partial charge in [-0.05, 0) is 226 Å². The first-order chi connectivity index (χ1) is 49.8. The molecule has 0 saturated carbocycles. The van der Waals surface area contributed by atoms with Gasteiger partial charge in [0.15, 0.2) is 0 Å². The lowest BCUT2D eigenvalue weighted by Crippen LogP contribution is -2.10.